The van der Waals surface area contributed by atoms with Crippen LogP contribution in [0.25, 0.3) is 6.08 Å². The highest BCUT2D eigenvalue weighted by Crippen LogP contribution is 2.31. The molecule has 1 amide bonds. The molecular weight excluding hydrogens is 352 g/mol. The highest BCUT2D eigenvalue weighted by molar-refractivity contribution is 6.32. The fourth-order valence-electron chi connectivity index (χ4n) is 3.04. The number of benzene rings is 2. The first kappa shape index (κ1) is 19.7. The number of nitrogens with zero attached hydrogens (tertiary/aromatic N) is 2. The lowest BCUT2D eigenvalue weighted by molar-refractivity contribution is -0.114. The van der Waals surface area contributed by atoms with Gasteiger partial charge in [0.15, 0.2) is 11.5 Å². The average molecular weight is 378 g/mol. The van der Waals surface area contributed by atoms with Crippen LogP contribution in [0.15, 0.2) is 47.1 Å². The summed E-state index contributed by atoms with van der Waals surface area (Å²) in [6, 6.07) is 11.6. The highest BCUT2D eigenvalue weighted by atomic mass is 16.5. The summed E-state index contributed by atoms with van der Waals surface area (Å²) >= 11 is 0. The molecule has 0 unspecified atom stereocenters. The van der Waals surface area contributed by atoms with E-state index < -0.39 is 0 Å². The standard InChI is InChI=1S/C23H26N2O3/c1-6-27-21-11-9-18(14-22(21)28-7-2)13-20-17(5)24-25(23(20)26)19-10-8-15(3)16(4)12-19/h8-14H,6-7H2,1-5H3/b20-13-. The zero-order chi connectivity index (χ0) is 20.3. The van der Waals surface area contributed by atoms with Crippen molar-refractivity contribution < 1.29 is 14.3 Å². The second-order valence-corrected chi connectivity index (χ2v) is 6.70. The number of hydrogen-bond acceptors (Lipinski definition) is 4. The molecule has 2 aromatic carbocycles. The molecule has 0 bridgehead atoms. The minimum Gasteiger partial charge on any atom is -0.490 e. The lowest BCUT2D eigenvalue weighted by Crippen LogP contribution is -2.21. The molecule has 1 heterocycles. The van der Waals surface area contributed by atoms with Crippen LogP contribution in [-0.4, -0.2) is 24.8 Å². The fourth-order valence-corrected chi connectivity index (χ4v) is 3.04. The van der Waals surface area contributed by atoms with Gasteiger partial charge in [0.2, 0.25) is 0 Å². The molecule has 0 saturated carbocycles. The third kappa shape index (κ3) is 3.93. The molecule has 0 saturated heterocycles. The first-order chi connectivity index (χ1) is 13.4. The van der Waals surface area contributed by atoms with Crippen LogP contribution in [0.2, 0.25) is 0 Å². The van der Waals surface area contributed by atoms with Crippen molar-refractivity contribution in [2.75, 3.05) is 18.2 Å². The lowest BCUT2D eigenvalue weighted by Gasteiger charge is -2.13. The first-order valence-corrected chi connectivity index (χ1v) is 9.53. The predicted octanol–water partition coefficient (Wildman–Crippen LogP) is 4.91. The van der Waals surface area contributed by atoms with Gasteiger partial charge in [-0.1, -0.05) is 12.1 Å². The van der Waals surface area contributed by atoms with Gasteiger partial charge >= 0.3 is 0 Å². The van der Waals surface area contributed by atoms with E-state index in [0.29, 0.717) is 36.0 Å². The minimum atomic E-state index is -0.132. The number of hydrogen-bond donors (Lipinski definition) is 0. The summed E-state index contributed by atoms with van der Waals surface area (Å²) in [5.41, 5.74) is 5.22. The smallest absolute Gasteiger partial charge is 0.280 e. The number of anilines is 1. The van der Waals surface area contributed by atoms with E-state index in [-0.39, 0.29) is 5.91 Å². The molecule has 0 radical (unpaired) electrons. The Labute approximate surface area is 166 Å². The largest absolute Gasteiger partial charge is 0.490 e. The molecule has 3 rings (SSSR count). The van der Waals surface area contributed by atoms with Crippen LogP contribution in [0.5, 0.6) is 11.5 Å². The van der Waals surface area contributed by atoms with Gasteiger partial charge in [0.1, 0.15) is 0 Å². The van der Waals surface area contributed by atoms with Crippen LogP contribution in [0.1, 0.15) is 37.5 Å². The van der Waals surface area contributed by atoms with Gasteiger partial charge in [0, 0.05) is 0 Å². The predicted molar refractivity (Wildman–Crippen MR) is 113 cm³/mol. The second-order valence-electron chi connectivity index (χ2n) is 6.70. The summed E-state index contributed by atoms with van der Waals surface area (Å²) in [5.74, 6) is 1.24. The van der Waals surface area contributed by atoms with Crippen LogP contribution in [0.4, 0.5) is 5.69 Å². The monoisotopic (exact) mass is 378 g/mol. The van der Waals surface area contributed by atoms with Crippen molar-refractivity contribution >= 4 is 23.4 Å². The molecule has 0 aliphatic carbocycles. The highest BCUT2D eigenvalue weighted by Gasteiger charge is 2.28. The maximum absolute atomic E-state index is 13.0. The van der Waals surface area contributed by atoms with Crippen molar-refractivity contribution in [1.82, 2.24) is 0 Å². The van der Waals surface area contributed by atoms with E-state index in [0.717, 1.165) is 16.8 Å². The third-order valence-electron chi connectivity index (χ3n) is 4.68. The number of amides is 1. The first-order valence-electron chi connectivity index (χ1n) is 9.53. The van der Waals surface area contributed by atoms with E-state index in [1.165, 1.54) is 10.6 Å². The van der Waals surface area contributed by atoms with Crippen molar-refractivity contribution in [3.05, 3.63) is 58.7 Å². The van der Waals surface area contributed by atoms with Gasteiger partial charge in [-0.3, -0.25) is 4.79 Å². The van der Waals surface area contributed by atoms with Gasteiger partial charge in [-0.05, 0) is 81.7 Å². The molecule has 5 nitrogen and oxygen atoms in total. The quantitative estimate of drug-likeness (QED) is 0.671. The van der Waals surface area contributed by atoms with Crippen LogP contribution < -0.4 is 14.5 Å². The molecule has 1 aliphatic heterocycles. The summed E-state index contributed by atoms with van der Waals surface area (Å²) in [4.78, 5) is 13.0. The molecule has 0 aromatic heterocycles. The zero-order valence-electron chi connectivity index (χ0n) is 17.1. The van der Waals surface area contributed by atoms with Gasteiger partial charge in [0.25, 0.3) is 5.91 Å². The molecule has 1 aliphatic rings. The summed E-state index contributed by atoms with van der Waals surface area (Å²) in [6.07, 6.45) is 1.85. The molecule has 5 heteroatoms. The molecular formula is C23H26N2O3. The summed E-state index contributed by atoms with van der Waals surface area (Å²) < 4.78 is 11.3. The maximum Gasteiger partial charge on any atom is 0.280 e. The normalized spacial score (nSPS) is 15.2. The summed E-state index contributed by atoms with van der Waals surface area (Å²) in [6.45, 7) is 10.9. The van der Waals surface area contributed by atoms with Crippen LogP contribution in [0.3, 0.4) is 0 Å². The topological polar surface area (TPSA) is 51.1 Å². The van der Waals surface area contributed by atoms with Crippen molar-refractivity contribution in [3.63, 3.8) is 0 Å². The van der Waals surface area contributed by atoms with Crippen LogP contribution >= 0.6 is 0 Å². The molecule has 28 heavy (non-hydrogen) atoms. The van der Waals surface area contributed by atoms with E-state index in [1.54, 1.807) is 0 Å². The SMILES string of the molecule is CCOc1ccc(/C=C2\C(=O)N(c3ccc(C)c(C)c3)N=C2C)cc1OCC. The number of ether oxygens (including phenoxy) is 2. The van der Waals surface area contributed by atoms with Gasteiger partial charge in [-0.15, -0.1) is 0 Å². The number of carbonyl (C=O) groups excluding carboxylic acids is 1. The Morgan fingerprint density at radius 1 is 0.929 bits per heavy atom. The van der Waals surface area contributed by atoms with Crippen molar-refractivity contribution in [1.29, 1.82) is 0 Å². The van der Waals surface area contributed by atoms with Gasteiger partial charge < -0.3 is 9.47 Å². The summed E-state index contributed by atoms with van der Waals surface area (Å²) in [5, 5.41) is 5.93. The van der Waals surface area contributed by atoms with E-state index in [1.807, 2.05) is 77.1 Å². The molecule has 0 N–H and O–H groups in total. The Bertz CT molecular complexity index is 960. The maximum atomic E-state index is 13.0. The summed E-state index contributed by atoms with van der Waals surface area (Å²) in [7, 11) is 0. The molecule has 0 fully saturated rings. The number of rotatable bonds is 6. The minimum absolute atomic E-state index is 0.132. The van der Waals surface area contributed by atoms with Crippen molar-refractivity contribution in [3.8, 4) is 11.5 Å². The van der Waals surface area contributed by atoms with E-state index >= 15 is 0 Å². The van der Waals surface area contributed by atoms with E-state index in [9.17, 15) is 4.79 Å². The Hall–Kier alpha value is -3.08. The second kappa shape index (κ2) is 8.30. The molecule has 0 atom stereocenters. The Morgan fingerprint density at radius 3 is 2.32 bits per heavy atom. The number of hydrazone groups is 1. The fraction of sp³-hybridized carbons (Fsp3) is 0.304. The van der Waals surface area contributed by atoms with E-state index in [2.05, 4.69) is 5.10 Å². The number of aryl methyl sites for hydroxylation is 2. The van der Waals surface area contributed by atoms with E-state index in [4.69, 9.17) is 9.47 Å². The molecule has 146 valence electrons. The lowest BCUT2D eigenvalue weighted by atomic mass is 10.1. The average Bonchev–Trinajstić information content (AvgIpc) is 2.94. The van der Waals surface area contributed by atoms with Gasteiger partial charge in [-0.25, -0.2) is 0 Å². The molecule has 0 spiro atoms. The van der Waals surface area contributed by atoms with Crippen LogP contribution in [-0.2, 0) is 4.79 Å². The van der Waals surface area contributed by atoms with Crippen molar-refractivity contribution in [2.24, 2.45) is 5.10 Å². The Morgan fingerprint density at radius 2 is 1.64 bits per heavy atom. The third-order valence-corrected chi connectivity index (χ3v) is 4.68. The number of carbonyl (C=O) groups is 1. The van der Waals surface area contributed by atoms with Gasteiger partial charge in [0.05, 0.1) is 30.2 Å². The Kier molecular flexibility index (Phi) is 5.83. The zero-order valence-corrected chi connectivity index (χ0v) is 17.1. The molecule has 2 aromatic rings. The van der Waals surface area contributed by atoms with Gasteiger partial charge in [-0.2, -0.15) is 10.1 Å². The Balaban J connectivity index is 1.92. The van der Waals surface area contributed by atoms with Crippen molar-refractivity contribution in [2.45, 2.75) is 34.6 Å². The van der Waals surface area contributed by atoms with Crippen LogP contribution in [0, 0.1) is 13.8 Å².